The minimum atomic E-state index is -0.462. The molecule has 0 unspecified atom stereocenters. The van der Waals surface area contributed by atoms with Gasteiger partial charge in [-0.05, 0) is 49.2 Å². The highest BCUT2D eigenvalue weighted by atomic mass is 79.9. The lowest BCUT2D eigenvalue weighted by Gasteiger charge is -2.13. The summed E-state index contributed by atoms with van der Waals surface area (Å²) in [5, 5.41) is 0. The van der Waals surface area contributed by atoms with Gasteiger partial charge < -0.3 is 18.9 Å². The van der Waals surface area contributed by atoms with Gasteiger partial charge in [-0.2, -0.15) is 0 Å². The van der Waals surface area contributed by atoms with E-state index in [1.54, 1.807) is 0 Å². The number of halogens is 1. The van der Waals surface area contributed by atoms with Crippen LogP contribution < -0.4 is 14.2 Å². The average Bonchev–Trinajstić information content (AvgIpc) is 2.72. The van der Waals surface area contributed by atoms with Crippen LogP contribution in [0, 0.1) is 13.8 Å². The summed E-state index contributed by atoms with van der Waals surface area (Å²) >= 11 is 4.87. The topological polar surface area (TPSA) is 71.1 Å². The van der Waals surface area contributed by atoms with Gasteiger partial charge in [0.2, 0.25) is 11.5 Å². The number of methoxy groups -OCH3 is 3. The number of rotatable bonds is 9. The first-order valence-corrected chi connectivity index (χ1v) is 10.5. The predicted octanol–water partition coefficient (Wildman–Crippen LogP) is 4.61. The van der Waals surface area contributed by atoms with Crippen molar-refractivity contribution in [2.75, 3.05) is 33.7 Å². The van der Waals surface area contributed by atoms with Crippen molar-refractivity contribution < 1.29 is 28.5 Å². The molecule has 0 radical (unpaired) electrons. The minimum absolute atomic E-state index is 0.116. The van der Waals surface area contributed by atoms with E-state index in [1.807, 2.05) is 26.0 Å². The van der Waals surface area contributed by atoms with Gasteiger partial charge in [-0.25, -0.2) is 0 Å². The van der Waals surface area contributed by atoms with Crippen molar-refractivity contribution in [3.05, 3.63) is 45.4 Å². The number of aryl methyl sites for hydroxylation is 2. The monoisotopic (exact) mass is 482 g/mol. The van der Waals surface area contributed by atoms with Gasteiger partial charge in [0.25, 0.3) is 0 Å². The molecule has 0 aliphatic heterocycles. The Morgan fingerprint density at radius 3 is 2.10 bits per heavy atom. The molecule has 2 aromatic carbocycles. The molecule has 0 aromatic heterocycles. The number of hydrogen-bond donors (Lipinski definition) is 0. The summed E-state index contributed by atoms with van der Waals surface area (Å²) in [6, 6.07) is 7.08. The molecule has 0 N–H and O–H groups in total. The molecule has 0 atom stereocenters. The Labute approximate surface area is 183 Å². The van der Waals surface area contributed by atoms with E-state index in [0.717, 1.165) is 20.5 Å². The first kappa shape index (κ1) is 23.1. The molecule has 29 heavy (non-hydrogen) atoms. The zero-order valence-electron chi connectivity index (χ0n) is 17.0. The molecule has 156 valence electrons. The van der Waals surface area contributed by atoms with Crippen molar-refractivity contribution >= 4 is 39.4 Å². The fraction of sp³-hybridized carbons (Fsp3) is 0.333. The first-order valence-electron chi connectivity index (χ1n) is 8.69. The number of benzene rings is 2. The third-order valence-corrected chi connectivity index (χ3v) is 6.14. The molecule has 0 aliphatic rings. The lowest BCUT2D eigenvalue weighted by atomic mass is 10.1. The fourth-order valence-electron chi connectivity index (χ4n) is 2.56. The van der Waals surface area contributed by atoms with Crippen molar-refractivity contribution in [3.8, 4) is 17.2 Å². The van der Waals surface area contributed by atoms with E-state index in [9.17, 15) is 9.59 Å². The lowest BCUT2D eigenvalue weighted by Crippen LogP contribution is -2.16. The number of hydrogen-bond acceptors (Lipinski definition) is 7. The second-order valence-electron chi connectivity index (χ2n) is 6.15. The SMILES string of the molecule is COc1cc(C(=O)COC(=O)CSc2cc(C)c(Br)cc2C)cc(OC)c1OC. The highest BCUT2D eigenvalue weighted by Crippen LogP contribution is 2.38. The van der Waals surface area contributed by atoms with Crippen LogP contribution in [0.25, 0.3) is 0 Å². The number of ketones is 1. The molecule has 0 bridgehead atoms. The number of thioether (sulfide) groups is 1. The van der Waals surface area contributed by atoms with Gasteiger partial charge in [-0.1, -0.05) is 15.9 Å². The summed E-state index contributed by atoms with van der Waals surface area (Å²) in [6.45, 7) is 3.60. The Kier molecular flexibility index (Phi) is 8.40. The van der Waals surface area contributed by atoms with E-state index < -0.39 is 5.97 Å². The second kappa shape index (κ2) is 10.5. The smallest absolute Gasteiger partial charge is 0.316 e. The van der Waals surface area contributed by atoms with Crippen molar-refractivity contribution in [2.45, 2.75) is 18.7 Å². The third kappa shape index (κ3) is 5.90. The zero-order chi connectivity index (χ0) is 21.6. The summed E-state index contributed by atoms with van der Waals surface area (Å²) in [5.41, 5.74) is 2.46. The molecule has 2 rings (SSSR count). The molecule has 2 aromatic rings. The Morgan fingerprint density at radius 1 is 0.931 bits per heavy atom. The van der Waals surface area contributed by atoms with E-state index in [2.05, 4.69) is 15.9 Å². The van der Waals surface area contributed by atoms with Crippen LogP contribution in [0.5, 0.6) is 17.2 Å². The summed E-state index contributed by atoms with van der Waals surface area (Å²) in [4.78, 5) is 25.5. The van der Waals surface area contributed by atoms with Gasteiger partial charge in [0.05, 0.1) is 27.1 Å². The molecule has 0 amide bonds. The Hall–Kier alpha value is -2.19. The van der Waals surface area contributed by atoms with Gasteiger partial charge in [-0.3, -0.25) is 9.59 Å². The maximum atomic E-state index is 12.5. The number of carbonyl (C=O) groups is 2. The number of carbonyl (C=O) groups excluding carboxylic acids is 2. The molecular formula is C21H23BrO6S. The van der Waals surface area contributed by atoms with E-state index in [-0.39, 0.29) is 18.1 Å². The molecule has 0 aliphatic carbocycles. The van der Waals surface area contributed by atoms with E-state index in [4.69, 9.17) is 18.9 Å². The van der Waals surface area contributed by atoms with Crippen LogP contribution in [0.2, 0.25) is 0 Å². The summed E-state index contributed by atoms with van der Waals surface area (Å²) in [7, 11) is 4.42. The lowest BCUT2D eigenvalue weighted by molar-refractivity contribution is -0.139. The van der Waals surface area contributed by atoms with Crippen molar-refractivity contribution in [1.82, 2.24) is 0 Å². The number of Topliss-reactive ketones (excluding diaryl/α,β-unsaturated/α-hetero) is 1. The van der Waals surface area contributed by atoms with Gasteiger partial charge in [0.1, 0.15) is 0 Å². The summed E-state index contributed by atoms with van der Waals surface area (Å²) < 4.78 is 21.9. The van der Waals surface area contributed by atoms with Crippen molar-refractivity contribution in [3.63, 3.8) is 0 Å². The van der Waals surface area contributed by atoms with Crippen LogP contribution in [-0.4, -0.2) is 45.4 Å². The molecule has 0 saturated carbocycles. The van der Waals surface area contributed by atoms with Gasteiger partial charge in [0, 0.05) is 14.9 Å². The van der Waals surface area contributed by atoms with Crippen molar-refractivity contribution in [1.29, 1.82) is 0 Å². The third-order valence-electron chi connectivity index (χ3n) is 4.15. The zero-order valence-corrected chi connectivity index (χ0v) is 19.4. The molecular weight excluding hydrogens is 460 g/mol. The molecule has 0 fully saturated rings. The molecule has 0 saturated heterocycles. The number of ether oxygens (including phenoxy) is 4. The Balaban J connectivity index is 1.98. The van der Waals surface area contributed by atoms with Crippen LogP contribution in [-0.2, 0) is 9.53 Å². The van der Waals surface area contributed by atoms with Crippen LogP contribution in [0.1, 0.15) is 21.5 Å². The normalized spacial score (nSPS) is 10.4. The van der Waals surface area contributed by atoms with Gasteiger partial charge in [0.15, 0.2) is 18.1 Å². The van der Waals surface area contributed by atoms with Gasteiger partial charge in [-0.15, -0.1) is 11.8 Å². The summed E-state index contributed by atoms with van der Waals surface area (Å²) in [6.07, 6.45) is 0. The highest BCUT2D eigenvalue weighted by molar-refractivity contribution is 9.10. The molecule has 0 heterocycles. The molecule has 0 spiro atoms. The number of esters is 1. The van der Waals surface area contributed by atoms with Crippen LogP contribution in [0.4, 0.5) is 0 Å². The Morgan fingerprint density at radius 2 is 1.55 bits per heavy atom. The second-order valence-corrected chi connectivity index (χ2v) is 8.02. The fourth-order valence-corrected chi connectivity index (χ4v) is 3.92. The van der Waals surface area contributed by atoms with E-state index in [0.29, 0.717) is 22.8 Å². The van der Waals surface area contributed by atoms with Crippen LogP contribution in [0.15, 0.2) is 33.6 Å². The minimum Gasteiger partial charge on any atom is -0.493 e. The average molecular weight is 483 g/mol. The Bertz CT molecular complexity index is 887. The standard InChI is InChI=1S/C21H23BrO6S/c1-12-7-19(13(2)6-15(12)22)29-11-20(24)28-10-16(23)14-8-17(25-3)21(27-5)18(9-14)26-4/h6-9H,10-11H2,1-5H3. The first-order chi connectivity index (χ1) is 13.8. The van der Waals surface area contributed by atoms with Crippen molar-refractivity contribution in [2.24, 2.45) is 0 Å². The van der Waals surface area contributed by atoms with Crippen LogP contribution in [0.3, 0.4) is 0 Å². The summed E-state index contributed by atoms with van der Waals surface area (Å²) in [5.74, 6) is 0.398. The molecule has 6 nitrogen and oxygen atoms in total. The largest absolute Gasteiger partial charge is 0.493 e. The van der Waals surface area contributed by atoms with E-state index in [1.165, 1.54) is 45.2 Å². The van der Waals surface area contributed by atoms with Crippen LogP contribution >= 0.6 is 27.7 Å². The molecule has 8 heteroatoms. The maximum absolute atomic E-state index is 12.5. The van der Waals surface area contributed by atoms with Gasteiger partial charge >= 0.3 is 5.97 Å². The maximum Gasteiger partial charge on any atom is 0.316 e. The van der Waals surface area contributed by atoms with E-state index >= 15 is 0 Å². The quantitative estimate of drug-likeness (QED) is 0.293. The highest BCUT2D eigenvalue weighted by Gasteiger charge is 2.18. The predicted molar refractivity (Wildman–Crippen MR) is 116 cm³/mol.